The summed E-state index contributed by atoms with van der Waals surface area (Å²) in [4.78, 5) is 17.5. The molecule has 0 amide bonds. The van der Waals surface area contributed by atoms with E-state index in [1.54, 1.807) is 24.3 Å². The van der Waals surface area contributed by atoms with Crippen LogP contribution < -0.4 is 4.74 Å². The lowest BCUT2D eigenvalue weighted by Crippen LogP contribution is -1.94. The predicted molar refractivity (Wildman–Crippen MR) is 78.3 cm³/mol. The molecule has 0 aromatic heterocycles. The fraction of sp³-hybridized carbons (Fsp3) is 0.0667. The van der Waals surface area contributed by atoms with Crippen LogP contribution in [0.25, 0.3) is 6.08 Å². The minimum atomic E-state index is -4.11. The van der Waals surface area contributed by atoms with Crippen molar-refractivity contribution in [1.29, 1.82) is 0 Å². The fourth-order valence-corrected chi connectivity index (χ4v) is 1.97. The topological polar surface area (TPSA) is 66.8 Å². The van der Waals surface area contributed by atoms with Gasteiger partial charge in [0.25, 0.3) is 0 Å². The highest BCUT2D eigenvalue weighted by Crippen LogP contribution is 2.36. The summed E-state index contributed by atoms with van der Waals surface area (Å²) in [7, 11) is -4.11. The summed E-state index contributed by atoms with van der Waals surface area (Å²) in [6, 6.07) is 16.8. The van der Waals surface area contributed by atoms with Crippen molar-refractivity contribution in [2.24, 2.45) is 0 Å². The molecule has 20 heavy (non-hydrogen) atoms. The molecule has 2 aromatic carbocycles. The van der Waals surface area contributed by atoms with E-state index >= 15 is 0 Å². The Hall–Kier alpha value is -1.87. The number of rotatable bonds is 5. The zero-order chi connectivity index (χ0) is 14.4. The van der Waals surface area contributed by atoms with Crippen LogP contribution in [0.4, 0.5) is 0 Å². The van der Waals surface area contributed by atoms with Gasteiger partial charge in [-0.2, -0.15) is 0 Å². The van der Waals surface area contributed by atoms with Gasteiger partial charge in [0.2, 0.25) is 0 Å². The first-order valence-electron chi connectivity index (χ1n) is 6.04. The second-order valence-corrected chi connectivity index (χ2v) is 5.72. The van der Waals surface area contributed by atoms with Gasteiger partial charge in [0, 0.05) is 5.82 Å². The van der Waals surface area contributed by atoms with Gasteiger partial charge in [-0.1, -0.05) is 42.5 Å². The summed E-state index contributed by atoms with van der Waals surface area (Å²) in [6.07, 6.45) is 1.39. The van der Waals surface area contributed by atoms with Crippen LogP contribution in [-0.4, -0.2) is 9.79 Å². The SMILES string of the molecule is O=P(O)(O)/C=C/c1ccc(OCc2ccccc2)cc1. The van der Waals surface area contributed by atoms with Crippen molar-refractivity contribution >= 4 is 13.7 Å². The summed E-state index contributed by atoms with van der Waals surface area (Å²) in [5.74, 6) is 1.59. The van der Waals surface area contributed by atoms with E-state index in [-0.39, 0.29) is 0 Å². The van der Waals surface area contributed by atoms with Gasteiger partial charge < -0.3 is 14.5 Å². The molecule has 0 aliphatic heterocycles. The van der Waals surface area contributed by atoms with Crippen molar-refractivity contribution in [1.82, 2.24) is 0 Å². The number of hydrogen-bond acceptors (Lipinski definition) is 2. The quantitative estimate of drug-likeness (QED) is 0.828. The largest absolute Gasteiger partial charge is 0.489 e. The van der Waals surface area contributed by atoms with Crippen molar-refractivity contribution in [3.63, 3.8) is 0 Å². The standard InChI is InChI=1S/C15H15O4P/c16-20(17,18)11-10-13-6-8-15(9-7-13)19-12-14-4-2-1-3-5-14/h1-11H,12H2,(H2,16,17,18)/b11-10+. The molecule has 0 atom stereocenters. The minimum Gasteiger partial charge on any atom is -0.489 e. The van der Waals surface area contributed by atoms with Crippen LogP contribution in [0.1, 0.15) is 11.1 Å². The highest BCUT2D eigenvalue weighted by Gasteiger charge is 2.05. The molecule has 0 unspecified atom stereocenters. The second kappa shape index (κ2) is 6.53. The molecule has 2 aromatic rings. The Morgan fingerprint density at radius 2 is 1.65 bits per heavy atom. The first-order chi connectivity index (χ1) is 9.53. The Bertz CT molecular complexity index is 614. The molecule has 0 aliphatic rings. The zero-order valence-electron chi connectivity index (χ0n) is 10.7. The van der Waals surface area contributed by atoms with E-state index < -0.39 is 7.60 Å². The number of hydrogen-bond donors (Lipinski definition) is 2. The van der Waals surface area contributed by atoms with Crippen LogP contribution >= 0.6 is 7.60 Å². The lowest BCUT2D eigenvalue weighted by Gasteiger charge is -2.06. The van der Waals surface area contributed by atoms with Gasteiger partial charge in [0.15, 0.2) is 0 Å². The highest BCUT2D eigenvalue weighted by molar-refractivity contribution is 7.55. The molecule has 0 radical (unpaired) electrons. The summed E-state index contributed by atoms with van der Waals surface area (Å²) in [5, 5.41) is 0. The van der Waals surface area contributed by atoms with E-state index in [4.69, 9.17) is 14.5 Å². The Balaban J connectivity index is 1.95. The van der Waals surface area contributed by atoms with Crippen LogP contribution in [0, 0.1) is 0 Å². The van der Waals surface area contributed by atoms with Crippen LogP contribution in [0.2, 0.25) is 0 Å². The van der Waals surface area contributed by atoms with Gasteiger partial charge in [-0.05, 0) is 29.3 Å². The van der Waals surface area contributed by atoms with Gasteiger partial charge >= 0.3 is 7.60 Å². The van der Waals surface area contributed by atoms with Gasteiger partial charge in [-0.3, -0.25) is 4.57 Å². The fourth-order valence-electron chi connectivity index (χ4n) is 1.60. The molecule has 0 heterocycles. The van der Waals surface area contributed by atoms with Crippen molar-refractivity contribution < 1.29 is 19.1 Å². The predicted octanol–water partition coefficient (Wildman–Crippen LogP) is 3.41. The normalized spacial score (nSPS) is 11.7. The van der Waals surface area contributed by atoms with Crippen molar-refractivity contribution in [2.75, 3.05) is 0 Å². The van der Waals surface area contributed by atoms with Crippen molar-refractivity contribution in [2.45, 2.75) is 6.61 Å². The summed E-state index contributed by atoms with van der Waals surface area (Å²) in [6.45, 7) is 0.485. The molecule has 5 heteroatoms. The molecule has 4 nitrogen and oxygen atoms in total. The van der Waals surface area contributed by atoms with E-state index in [0.717, 1.165) is 11.4 Å². The molecular weight excluding hydrogens is 275 g/mol. The van der Waals surface area contributed by atoms with Crippen molar-refractivity contribution in [3.8, 4) is 5.75 Å². The third kappa shape index (κ3) is 5.02. The molecule has 0 bridgehead atoms. The number of benzene rings is 2. The smallest absolute Gasteiger partial charge is 0.349 e. The molecular formula is C15H15O4P. The Kier molecular flexibility index (Phi) is 4.74. The lowest BCUT2D eigenvalue weighted by atomic mass is 10.2. The number of ether oxygens (including phenoxy) is 1. The van der Waals surface area contributed by atoms with Crippen LogP contribution in [-0.2, 0) is 11.2 Å². The molecule has 0 spiro atoms. The van der Waals surface area contributed by atoms with E-state index in [1.807, 2.05) is 30.3 Å². The van der Waals surface area contributed by atoms with E-state index in [9.17, 15) is 4.57 Å². The van der Waals surface area contributed by atoms with E-state index in [2.05, 4.69) is 0 Å². The lowest BCUT2D eigenvalue weighted by molar-refractivity contribution is 0.306. The maximum atomic E-state index is 10.7. The molecule has 0 fully saturated rings. The van der Waals surface area contributed by atoms with E-state index in [1.165, 1.54) is 6.08 Å². The Morgan fingerprint density at radius 3 is 2.25 bits per heavy atom. The van der Waals surface area contributed by atoms with E-state index in [0.29, 0.717) is 17.9 Å². The molecule has 2 N–H and O–H groups in total. The second-order valence-electron chi connectivity index (χ2n) is 4.25. The van der Waals surface area contributed by atoms with Crippen LogP contribution in [0.15, 0.2) is 60.4 Å². The maximum Gasteiger partial charge on any atom is 0.349 e. The maximum absolute atomic E-state index is 10.7. The zero-order valence-corrected chi connectivity index (χ0v) is 11.6. The van der Waals surface area contributed by atoms with Gasteiger partial charge in [0.1, 0.15) is 12.4 Å². The van der Waals surface area contributed by atoms with Gasteiger partial charge in [-0.15, -0.1) is 0 Å². The minimum absolute atomic E-state index is 0.485. The highest BCUT2D eigenvalue weighted by atomic mass is 31.2. The third-order valence-corrected chi connectivity index (χ3v) is 3.13. The Labute approximate surface area is 117 Å². The van der Waals surface area contributed by atoms with Crippen molar-refractivity contribution in [3.05, 3.63) is 71.5 Å². The molecule has 0 saturated heterocycles. The van der Waals surface area contributed by atoms with Crippen LogP contribution in [0.3, 0.4) is 0 Å². The first-order valence-corrected chi connectivity index (χ1v) is 7.72. The Morgan fingerprint density at radius 1 is 1.00 bits per heavy atom. The monoisotopic (exact) mass is 290 g/mol. The van der Waals surface area contributed by atoms with Gasteiger partial charge in [0.05, 0.1) is 0 Å². The summed E-state index contributed by atoms with van der Waals surface area (Å²) < 4.78 is 16.3. The molecule has 104 valence electrons. The average molecular weight is 290 g/mol. The van der Waals surface area contributed by atoms with Gasteiger partial charge in [-0.25, -0.2) is 0 Å². The average Bonchev–Trinajstić information content (AvgIpc) is 2.44. The third-order valence-electron chi connectivity index (χ3n) is 2.59. The first kappa shape index (κ1) is 14.5. The molecule has 0 saturated carbocycles. The summed E-state index contributed by atoms with van der Waals surface area (Å²) >= 11 is 0. The summed E-state index contributed by atoms with van der Waals surface area (Å²) in [5.41, 5.74) is 1.79. The van der Waals surface area contributed by atoms with Crippen LogP contribution in [0.5, 0.6) is 5.75 Å². The molecule has 2 rings (SSSR count). The molecule has 0 aliphatic carbocycles.